The normalized spacial score (nSPS) is 16.2. The number of sulfone groups is 1. The minimum Gasteiger partial charge on any atom is -0.343 e. The first-order valence-electron chi connectivity index (χ1n) is 9.71. The van der Waals surface area contributed by atoms with Crippen LogP contribution in [0.3, 0.4) is 0 Å². The van der Waals surface area contributed by atoms with Crippen molar-refractivity contribution in [3.05, 3.63) is 54.1 Å². The molecule has 1 aliphatic rings. The maximum Gasteiger partial charge on any atom is 0.210 e. The molecule has 1 aromatic carbocycles. The van der Waals surface area contributed by atoms with Crippen molar-refractivity contribution in [3.8, 4) is 0 Å². The molecule has 0 saturated heterocycles. The van der Waals surface area contributed by atoms with Gasteiger partial charge in [-0.15, -0.1) is 0 Å². The molecule has 1 aliphatic carbocycles. The van der Waals surface area contributed by atoms with Crippen molar-refractivity contribution < 1.29 is 8.42 Å². The van der Waals surface area contributed by atoms with Crippen LogP contribution in [0.5, 0.6) is 0 Å². The second-order valence-corrected chi connectivity index (χ2v) is 9.56. The Labute approximate surface area is 163 Å². The molecule has 4 aromatic rings. The number of hydrogen-bond donors (Lipinski definition) is 1. The number of hydrogen-bond acceptors (Lipinski definition) is 4. The second kappa shape index (κ2) is 6.44. The quantitative estimate of drug-likeness (QED) is 0.558. The molecule has 7 heteroatoms. The molecule has 3 aromatic heterocycles. The highest BCUT2D eigenvalue weighted by atomic mass is 32.2. The molecule has 144 valence electrons. The van der Waals surface area contributed by atoms with Crippen LogP contribution in [0, 0.1) is 6.92 Å². The van der Waals surface area contributed by atoms with Gasteiger partial charge in [0, 0.05) is 24.0 Å². The summed E-state index contributed by atoms with van der Waals surface area (Å²) in [6.07, 6.45) is 11.0. The van der Waals surface area contributed by atoms with E-state index >= 15 is 0 Å². The number of benzene rings is 1. The minimum absolute atomic E-state index is 0.251. The lowest BCUT2D eigenvalue weighted by molar-refractivity contribution is 0.436. The summed E-state index contributed by atoms with van der Waals surface area (Å²) in [6.45, 7) is 1.89. The van der Waals surface area contributed by atoms with Crippen molar-refractivity contribution in [2.75, 3.05) is 0 Å². The van der Waals surface area contributed by atoms with E-state index in [2.05, 4.69) is 15.0 Å². The number of nitrogens with one attached hydrogen (secondary N) is 1. The number of imidazole rings is 1. The zero-order valence-electron chi connectivity index (χ0n) is 15.7. The number of aryl methyl sites for hydroxylation is 1. The van der Waals surface area contributed by atoms with Gasteiger partial charge in [0.15, 0.2) is 11.3 Å². The summed E-state index contributed by atoms with van der Waals surface area (Å²) >= 11 is 0. The number of aromatic amines is 1. The van der Waals surface area contributed by atoms with Crippen LogP contribution in [0.4, 0.5) is 0 Å². The van der Waals surface area contributed by atoms with Crippen LogP contribution in [0.25, 0.3) is 16.8 Å². The van der Waals surface area contributed by atoms with Gasteiger partial charge in [0.2, 0.25) is 9.84 Å². The van der Waals surface area contributed by atoms with E-state index in [1.165, 1.54) is 19.3 Å². The van der Waals surface area contributed by atoms with E-state index in [4.69, 9.17) is 0 Å². The standard InChI is InChI=1S/C21H22N4O2S/c1-14-6-5-9-16(10-14)28(26,27)18-12-23-21-20(18)25-17(11-22-19(25)13-24-21)15-7-3-2-4-8-15/h5-6,9-13,15,23H,2-4,7-8H2,1H3. The highest BCUT2D eigenvalue weighted by Crippen LogP contribution is 2.35. The lowest BCUT2D eigenvalue weighted by atomic mass is 9.87. The molecule has 5 rings (SSSR count). The second-order valence-electron chi connectivity index (χ2n) is 7.64. The van der Waals surface area contributed by atoms with Crippen LogP contribution >= 0.6 is 0 Å². The maximum absolute atomic E-state index is 13.4. The zero-order chi connectivity index (χ0) is 19.3. The van der Waals surface area contributed by atoms with E-state index in [0.29, 0.717) is 27.6 Å². The van der Waals surface area contributed by atoms with Gasteiger partial charge in [0.05, 0.1) is 11.1 Å². The van der Waals surface area contributed by atoms with Crippen LogP contribution in [0.15, 0.2) is 52.6 Å². The monoisotopic (exact) mass is 394 g/mol. The smallest absolute Gasteiger partial charge is 0.210 e. The SMILES string of the molecule is Cc1cccc(S(=O)(=O)c2c[nH]c3ncc4ncc(C5CCCCC5)n4c23)c1. The lowest BCUT2D eigenvalue weighted by Crippen LogP contribution is -2.09. The Hall–Kier alpha value is -2.67. The summed E-state index contributed by atoms with van der Waals surface area (Å²) in [5, 5.41) is 0. The highest BCUT2D eigenvalue weighted by molar-refractivity contribution is 7.91. The number of fused-ring (bicyclic) bond motifs is 3. The molecule has 0 unspecified atom stereocenters. The van der Waals surface area contributed by atoms with Gasteiger partial charge in [-0.3, -0.25) is 4.40 Å². The van der Waals surface area contributed by atoms with E-state index in [-0.39, 0.29) is 4.90 Å². The molecule has 0 spiro atoms. The van der Waals surface area contributed by atoms with Gasteiger partial charge in [-0.1, -0.05) is 31.4 Å². The predicted octanol–water partition coefficient (Wildman–Crippen LogP) is 4.40. The zero-order valence-corrected chi connectivity index (χ0v) is 16.5. The first-order valence-corrected chi connectivity index (χ1v) is 11.2. The fourth-order valence-corrected chi connectivity index (χ4v) is 5.85. The van der Waals surface area contributed by atoms with Crippen molar-refractivity contribution in [2.24, 2.45) is 0 Å². The Kier molecular flexibility index (Phi) is 4.01. The van der Waals surface area contributed by atoms with Crippen LogP contribution in [0.1, 0.15) is 49.3 Å². The molecular weight excluding hydrogens is 372 g/mol. The Bertz CT molecular complexity index is 1280. The molecule has 1 saturated carbocycles. The summed E-state index contributed by atoms with van der Waals surface area (Å²) in [5.74, 6) is 0.402. The molecule has 28 heavy (non-hydrogen) atoms. The molecular formula is C21H22N4O2S. The van der Waals surface area contributed by atoms with Crippen LogP contribution in [0.2, 0.25) is 0 Å². The van der Waals surface area contributed by atoms with Gasteiger partial charge < -0.3 is 4.98 Å². The van der Waals surface area contributed by atoms with Crippen molar-refractivity contribution in [2.45, 2.75) is 54.7 Å². The fraction of sp³-hybridized carbons (Fsp3) is 0.333. The van der Waals surface area contributed by atoms with Crippen molar-refractivity contribution >= 4 is 26.6 Å². The first kappa shape index (κ1) is 17.4. The number of H-pyrrole nitrogens is 1. The van der Waals surface area contributed by atoms with Gasteiger partial charge in [0.25, 0.3) is 0 Å². The molecule has 1 fully saturated rings. The van der Waals surface area contributed by atoms with Crippen molar-refractivity contribution in [1.82, 2.24) is 19.4 Å². The molecule has 0 amide bonds. The van der Waals surface area contributed by atoms with Crippen LogP contribution in [-0.4, -0.2) is 27.8 Å². The van der Waals surface area contributed by atoms with Crippen LogP contribution < -0.4 is 0 Å². The maximum atomic E-state index is 13.4. The molecule has 0 atom stereocenters. The number of aromatic nitrogens is 4. The van der Waals surface area contributed by atoms with E-state index in [0.717, 1.165) is 24.1 Å². The largest absolute Gasteiger partial charge is 0.343 e. The predicted molar refractivity (Wildman–Crippen MR) is 107 cm³/mol. The van der Waals surface area contributed by atoms with Gasteiger partial charge in [0.1, 0.15) is 10.4 Å². The Morgan fingerprint density at radius 3 is 2.71 bits per heavy atom. The Balaban J connectivity index is 1.78. The average molecular weight is 395 g/mol. The van der Waals surface area contributed by atoms with E-state index in [1.807, 2.05) is 23.6 Å². The van der Waals surface area contributed by atoms with Gasteiger partial charge in [-0.05, 0) is 37.5 Å². The topological polar surface area (TPSA) is 80.1 Å². The summed E-state index contributed by atoms with van der Waals surface area (Å²) in [7, 11) is -3.68. The van der Waals surface area contributed by atoms with Crippen molar-refractivity contribution in [3.63, 3.8) is 0 Å². The number of rotatable bonds is 3. The van der Waals surface area contributed by atoms with E-state index in [9.17, 15) is 8.42 Å². The molecule has 1 N–H and O–H groups in total. The van der Waals surface area contributed by atoms with Crippen molar-refractivity contribution in [1.29, 1.82) is 0 Å². The third-order valence-corrected chi connectivity index (χ3v) is 7.52. The molecule has 0 radical (unpaired) electrons. The van der Waals surface area contributed by atoms with Gasteiger partial charge >= 0.3 is 0 Å². The fourth-order valence-electron chi connectivity index (χ4n) is 4.34. The Morgan fingerprint density at radius 1 is 1.11 bits per heavy atom. The summed E-state index contributed by atoms with van der Waals surface area (Å²) in [4.78, 5) is 12.5. The highest BCUT2D eigenvalue weighted by Gasteiger charge is 2.27. The first-order chi connectivity index (χ1) is 13.6. The Morgan fingerprint density at radius 2 is 1.93 bits per heavy atom. The lowest BCUT2D eigenvalue weighted by Gasteiger charge is -2.21. The summed E-state index contributed by atoms with van der Waals surface area (Å²) in [6, 6.07) is 7.02. The molecule has 3 heterocycles. The summed E-state index contributed by atoms with van der Waals surface area (Å²) in [5.41, 5.74) is 3.84. The number of nitrogens with zero attached hydrogens (tertiary/aromatic N) is 3. The summed E-state index contributed by atoms with van der Waals surface area (Å²) < 4.78 is 28.9. The third-order valence-electron chi connectivity index (χ3n) is 5.76. The van der Waals surface area contributed by atoms with E-state index in [1.54, 1.807) is 30.6 Å². The average Bonchev–Trinajstić information content (AvgIpc) is 3.32. The molecule has 0 aliphatic heterocycles. The minimum atomic E-state index is -3.68. The van der Waals surface area contributed by atoms with Gasteiger partial charge in [-0.2, -0.15) is 0 Å². The molecule has 0 bridgehead atoms. The van der Waals surface area contributed by atoms with E-state index < -0.39 is 9.84 Å². The third kappa shape index (κ3) is 2.64. The molecule has 6 nitrogen and oxygen atoms in total. The van der Waals surface area contributed by atoms with Crippen LogP contribution in [-0.2, 0) is 9.84 Å². The van der Waals surface area contributed by atoms with Gasteiger partial charge in [-0.25, -0.2) is 18.4 Å².